The fourth-order valence-corrected chi connectivity index (χ4v) is 10.1. The molecule has 10 nitrogen and oxygen atoms in total. The first-order valence-corrected chi connectivity index (χ1v) is 19.3. The van der Waals surface area contributed by atoms with E-state index in [1.54, 1.807) is 13.1 Å². The van der Waals surface area contributed by atoms with E-state index in [9.17, 15) is 13.8 Å². The highest BCUT2D eigenvalue weighted by Gasteiger charge is 2.43. The molecular formula is C37H44ClN5O5S. The number of hydrogen-bond acceptors (Lipinski definition) is 7. The molecule has 2 bridgehead atoms. The molecule has 1 unspecified atom stereocenters. The molecule has 2 aromatic carbocycles. The standard InChI is InChI=1S/C37H44ClN5O5S/c1-24-7-4-5-8-25-10-11-28(25)19-43-22-37(16-6-9-26-17-29(38)13-14-31(26)37)23-48-33-15-12-27(18-32(33)43)34(44)40-49(46,21-24)41-35(45)30-20-42(2)39-36(30)47-3/h4-5,12-15,17-18,20,24-25,28H,6-11,16,19,21-23H2,1-3H3,(H,40,41,44,45,46)/b5-4+/t24-,25+,28-,37-,49?/m0/s1. The molecular weight excluding hydrogens is 662 g/mol. The molecule has 260 valence electrons. The Kier molecular flexibility index (Phi) is 9.25. The highest BCUT2D eigenvalue weighted by Crippen LogP contribution is 2.46. The summed E-state index contributed by atoms with van der Waals surface area (Å²) in [4.78, 5) is 29.8. The van der Waals surface area contributed by atoms with Gasteiger partial charge in [-0.3, -0.25) is 19.0 Å². The first-order valence-electron chi connectivity index (χ1n) is 17.2. The molecule has 49 heavy (non-hydrogen) atoms. The molecule has 3 aromatic rings. The second-order valence-electron chi connectivity index (χ2n) is 14.3. The van der Waals surface area contributed by atoms with Crippen LogP contribution in [0.25, 0.3) is 0 Å². The van der Waals surface area contributed by atoms with Gasteiger partial charge in [-0.2, -0.15) is 0 Å². The number of methoxy groups -OCH3 is 1. The van der Waals surface area contributed by atoms with Crippen molar-refractivity contribution < 1.29 is 23.3 Å². The van der Waals surface area contributed by atoms with Crippen LogP contribution in [0.5, 0.6) is 11.6 Å². The number of halogens is 1. The van der Waals surface area contributed by atoms with Gasteiger partial charge in [0.05, 0.1) is 25.2 Å². The first-order chi connectivity index (χ1) is 23.5. The Hall–Kier alpha value is -3.83. The summed E-state index contributed by atoms with van der Waals surface area (Å²) < 4.78 is 34.7. The number of aryl methyl sites for hydroxylation is 2. The van der Waals surface area contributed by atoms with Crippen LogP contribution in [0.4, 0.5) is 5.69 Å². The molecule has 12 heteroatoms. The number of fused-ring (bicyclic) bond motifs is 4. The minimum atomic E-state index is -3.54. The maximum Gasteiger partial charge on any atom is 0.286 e. The number of benzene rings is 2. The van der Waals surface area contributed by atoms with Crippen molar-refractivity contribution >= 4 is 39.0 Å². The zero-order valence-corrected chi connectivity index (χ0v) is 29.9. The fourth-order valence-electron chi connectivity index (χ4n) is 8.03. The van der Waals surface area contributed by atoms with Crippen molar-refractivity contribution in [1.29, 1.82) is 0 Å². The quantitative estimate of drug-likeness (QED) is 0.309. The molecule has 1 spiro atoms. The van der Waals surface area contributed by atoms with E-state index in [2.05, 4.69) is 43.4 Å². The van der Waals surface area contributed by atoms with Gasteiger partial charge >= 0.3 is 0 Å². The smallest absolute Gasteiger partial charge is 0.286 e. The second kappa shape index (κ2) is 13.5. The minimum Gasteiger partial charge on any atom is -0.490 e. The molecule has 1 fully saturated rings. The highest BCUT2D eigenvalue weighted by atomic mass is 35.5. The van der Waals surface area contributed by atoms with Gasteiger partial charge in [-0.15, -0.1) is 9.46 Å². The summed E-state index contributed by atoms with van der Waals surface area (Å²) in [6.45, 7) is 4.08. The number of anilines is 1. The summed E-state index contributed by atoms with van der Waals surface area (Å²) in [5, 5.41) is 4.89. The number of aromatic nitrogens is 2. The van der Waals surface area contributed by atoms with Gasteiger partial charge in [0.1, 0.15) is 21.2 Å². The third kappa shape index (κ3) is 6.84. The lowest BCUT2D eigenvalue weighted by atomic mass is 9.69. The first kappa shape index (κ1) is 33.7. The lowest BCUT2D eigenvalue weighted by Crippen LogP contribution is -2.48. The van der Waals surface area contributed by atoms with Crippen LogP contribution in [0.1, 0.15) is 77.3 Å². The van der Waals surface area contributed by atoms with Crippen molar-refractivity contribution in [3.05, 3.63) is 82.0 Å². The van der Waals surface area contributed by atoms with Crippen LogP contribution >= 0.6 is 11.6 Å². The zero-order chi connectivity index (χ0) is 34.3. The number of allylic oxidation sites excluding steroid dienone is 2. The monoisotopic (exact) mass is 705 g/mol. The van der Waals surface area contributed by atoms with Crippen molar-refractivity contribution in [2.45, 2.75) is 57.3 Å². The van der Waals surface area contributed by atoms with Gasteiger partial charge in [-0.05, 0) is 104 Å². The molecule has 0 saturated heterocycles. The van der Waals surface area contributed by atoms with Gasteiger partial charge in [0.15, 0.2) is 0 Å². The number of nitrogens with one attached hydrogen (secondary N) is 1. The number of carbonyl (C=O) groups is 2. The highest BCUT2D eigenvalue weighted by molar-refractivity contribution is 7.92. The molecule has 2 aliphatic heterocycles. The number of amides is 2. The van der Waals surface area contributed by atoms with Crippen LogP contribution in [-0.4, -0.2) is 58.4 Å². The lowest BCUT2D eigenvalue weighted by molar-refractivity contribution is 0.0979. The summed E-state index contributed by atoms with van der Waals surface area (Å²) >= 11 is 6.44. The van der Waals surface area contributed by atoms with E-state index < -0.39 is 21.7 Å². The van der Waals surface area contributed by atoms with Gasteiger partial charge < -0.3 is 14.4 Å². The Morgan fingerprint density at radius 3 is 2.76 bits per heavy atom. The van der Waals surface area contributed by atoms with E-state index in [0.717, 1.165) is 61.7 Å². The summed E-state index contributed by atoms with van der Waals surface area (Å²) in [6, 6.07) is 11.6. The maximum atomic E-state index is 14.5. The lowest BCUT2D eigenvalue weighted by Gasteiger charge is -2.44. The van der Waals surface area contributed by atoms with Gasteiger partial charge in [0.25, 0.3) is 11.8 Å². The van der Waals surface area contributed by atoms with E-state index in [-0.39, 0.29) is 28.5 Å². The molecule has 0 radical (unpaired) electrons. The number of hydrogen-bond donors (Lipinski definition) is 1. The number of rotatable bonds is 3. The van der Waals surface area contributed by atoms with Crippen LogP contribution in [0.3, 0.4) is 0 Å². The Morgan fingerprint density at radius 2 is 1.96 bits per heavy atom. The van der Waals surface area contributed by atoms with Gasteiger partial charge in [-0.25, -0.2) is 4.21 Å². The molecule has 1 saturated carbocycles. The largest absolute Gasteiger partial charge is 0.490 e. The Balaban J connectivity index is 1.28. The van der Waals surface area contributed by atoms with E-state index >= 15 is 0 Å². The van der Waals surface area contributed by atoms with E-state index in [0.29, 0.717) is 30.4 Å². The third-order valence-corrected chi connectivity index (χ3v) is 12.9. The average Bonchev–Trinajstić information content (AvgIpc) is 3.37. The van der Waals surface area contributed by atoms with Crippen molar-refractivity contribution in [2.24, 2.45) is 29.2 Å². The maximum absolute atomic E-state index is 14.5. The molecule has 1 N–H and O–H groups in total. The Morgan fingerprint density at radius 1 is 1.14 bits per heavy atom. The van der Waals surface area contributed by atoms with E-state index in [4.69, 9.17) is 21.1 Å². The van der Waals surface area contributed by atoms with E-state index in [1.807, 2.05) is 25.1 Å². The van der Waals surface area contributed by atoms with Crippen LogP contribution in [0.15, 0.2) is 59.1 Å². The number of carbonyl (C=O) groups excluding carboxylic acids is 2. The van der Waals surface area contributed by atoms with Crippen molar-refractivity contribution in [3.63, 3.8) is 0 Å². The SMILES string of the molecule is COc1nn(C)cc1C(=O)NS1(=O)=NC(=O)c2ccc3c(c2)N(C[C@@H]2CC[C@H]2C/C=C/C[C@H](C)C1)C[C@@]1(CCCc2cc(Cl)ccc21)CO3. The van der Waals surface area contributed by atoms with Crippen LogP contribution in [0.2, 0.25) is 5.02 Å². The predicted molar refractivity (Wildman–Crippen MR) is 191 cm³/mol. The molecule has 5 atom stereocenters. The van der Waals surface area contributed by atoms with Crippen LogP contribution in [0, 0.1) is 17.8 Å². The molecule has 2 aliphatic carbocycles. The molecule has 4 aliphatic rings. The van der Waals surface area contributed by atoms with Crippen LogP contribution < -0.4 is 19.1 Å². The Bertz CT molecular complexity index is 1930. The second-order valence-corrected chi connectivity index (χ2v) is 16.7. The predicted octanol–water partition coefficient (Wildman–Crippen LogP) is 6.52. The molecule has 7 rings (SSSR count). The summed E-state index contributed by atoms with van der Waals surface area (Å²) in [6.07, 6.45) is 12.9. The minimum absolute atomic E-state index is 0.00950. The van der Waals surface area contributed by atoms with Crippen molar-refractivity contribution in [1.82, 2.24) is 14.5 Å². The van der Waals surface area contributed by atoms with Crippen LogP contribution in [-0.2, 0) is 28.8 Å². The number of ether oxygens (including phenoxy) is 2. The Labute approximate surface area is 293 Å². The molecule has 3 heterocycles. The van der Waals surface area contributed by atoms with Gasteiger partial charge in [0.2, 0.25) is 5.88 Å². The third-order valence-electron chi connectivity index (χ3n) is 10.7. The average molecular weight is 706 g/mol. The summed E-state index contributed by atoms with van der Waals surface area (Å²) in [5.74, 6) is 0.488. The topological polar surface area (TPSA) is 115 Å². The van der Waals surface area contributed by atoms with E-state index in [1.165, 1.54) is 35.5 Å². The molecule has 1 aromatic heterocycles. The van der Waals surface area contributed by atoms with Gasteiger partial charge in [0, 0.05) is 42.3 Å². The summed E-state index contributed by atoms with van der Waals surface area (Å²) in [7, 11) is -0.469. The zero-order valence-electron chi connectivity index (χ0n) is 28.3. The number of nitrogens with zero attached hydrogens (tertiary/aromatic N) is 4. The van der Waals surface area contributed by atoms with Crippen molar-refractivity contribution in [3.8, 4) is 11.6 Å². The molecule has 2 amide bonds. The summed E-state index contributed by atoms with van der Waals surface area (Å²) in [5.41, 5.74) is 3.59. The van der Waals surface area contributed by atoms with Gasteiger partial charge in [-0.1, -0.05) is 36.7 Å². The fraction of sp³-hybridized carbons (Fsp3) is 0.486. The van der Waals surface area contributed by atoms with Crippen molar-refractivity contribution in [2.75, 3.05) is 37.5 Å². The normalized spacial score (nSPS) is 28.9.